The predicted octanol–water partition coefficient (Wildman–Crippen LogP) is 0.628. The molecule has 1 fully saturated rings. The normalized spacial score (nSPS) is 23.1. The molecule has 0 aromatic heterocycles. The highest BCUT2D eigenvalue weighted by molar-refractivity contribution is 6.45. The van der Waals surface area contributed by atoms with E-state index in [-0.39, 0.29) is 6.42 Å². The van der Waals surface area contributed by atoms with Gasteiger partial charge in [0.2, 0.25) is 0 Å². The molecule has 1 aliphatic rings. The minimum Gasteiger partial charge on any atom is -0.481 e. The number of benzene rings is 1. The number of aliphatic imine (C=N–C) groups is 1. The van der Waals surface area contributed by atoms with Crippen LogP contribution in [0.3, 0.4) is 0 Å². The maximum Gasteiger partial charge on any atom is 0.480 e. The highest BCUT2D eigenvalue weighted by atomic mass is 16.5. The van der Waals surface area contributed by atoms with Gasteiger partial charge in [-0.05, 0) is 18.4 Å². The van der Waals surface area contributed by atoms with Crippen LogP contribution in [0.5, 0.6) is 0 Å². The summed E-state index contributed by atoms with van der Waals surface area (Å²) >= 11 is 0. The molecule has 2 rings (SSSR count). The molecule has 1 heterocycles. The van der Waals surface area contributed by atoms with E-state index in [2.05, 4.69) is 4.99 Å². The second-order valence-corrected chi connectivity index (χ2v) is 5.17. The van der Waals surface area contributed by atoms with Gasteiger partial charge in [-0.25, -0.2) is 0 Å². The molecule has 0 radical (unpaired) electrons. The number of rotatable bonds is 5. The van der Waals surface area contributed by atoms with Gasteiger partial charge in [0.15, 0.2) is 0 Å². The van der Waals surface area contributed by atoms with Gasteiger partial charge in [-0.2, -0.15) is 0 Å². The smallest absolute Gasteiger partial charge is 0.480 e. The Bertz CT molecular complexity index is 509. The molecule has 1 aromatic rings. The number of hydrogen-bond acceptors (Lipinski definition) is 4. The summed E-state index contributed by atoms with van der Waals surface area (Å²) in [6.07, 6.45) is 1.07. The lowest BCUT2D eigenvalue weighted by atomic mass is 9.72. The Morgan fingerprint density at radius 3 is 2.71 bits per heavy atom. The van der Waals surface area contributed by atoms with Gasteiger partial charge in [0.25, 0.3) is 0 Å². The fourth-order valence-electron chi connectivity index (χ4n) is 2.39. The van der Waals surface area contributed by atoms with Crippen LogP contribution in [0.4, 0.5) is 0 Å². The van der Waals surface area contributed by atoms with Gasteiger partial charge in [-0.15, -0.1) is 0 Å². The molecule has 4 N–H and O–H groups in total. The molecule has 21 heavy (non-hydrogen) atoms. The first-order valence-electron chi connectivity index (χ1n) is 6.96. The van der Waals surface area contributed by atoms with Gasteiger partial charge >= 0.3 is 13.1 Å². The van der Waals surface area contributed by atoms with Crippen LogP contribution in [0, 0.1) is 0 Å². The molecule has 1 aliphatic heterocycles. The number of hydrogen-bond donors (Lipinski definition) is 3. The van der Waals surface area contributed by atoms with E-state index in [0.717, 1.165) is 5.56 Å². The summed E-state index contributed by atoms with van der Waals surface area (Å²) in [5.41, 5.74) is 6.95. The molecule has 1 aromatic carbocycles. The average Bonchev–Trinajstić information content (AvgIpc) is 2.42. The molecular weight excluding hydrogens is 271 g/mol. The number of carboxylic acid groups (broad SMARTS) is 1. The van der Waals surface area contributed by atoms with E-state index in [0.29, 0.717) is 25.1 Å². The Labute approximate surface area is 123 Å². The Balaban J connectivity index is 1.90. The first-order valence-corrected chi connectivity index (χ1v) is 6.96. The zero-order chi connectivity index (χ0) is 15.2. The molecule has 112 valence electrons. The standard InChI is InChI=1S/C14H19BN2O4/c16-13(8-10-4-2-1-3-5-10)17-12-7-6-11(9-14(18)19)21-15(12)20/h1-5,11-12,20H,6-9H2,(H2,16,17)(H,18,19). The van der Waals surface area contributed by atoms with Crippen LogP contribution in [0.1, 0.15) is 24.8 Å². The van der Waals surface area contributed by atoms with Gasteiger partial charge in [0.05, 0.1) is 24.3 Å². The summed E-state index contributed by atoms with van der Waals surface area (Å²) in [6.45, 7) is 0. The Hall–Kier alpha value is -1.86. The molecule has 2 unspecified atom stereocenters. The third-order valence-electron chi connectivity index (χ3n) is 3.41. The van der Waals surface area contributed by atoms with E-state index < -0.39 is 25.1 Å². The van der Waals surface area contributed by atoms with Gasteiger partial charge in [-0.1, -0.05) is 30.3 Å². The van der Waals surface area contributed by atoms with Crippen LogP contribution in [0.25, 0.3) is 0 Å². The third kappa shape index (κ3) is 4.88. The molecule has 2 atom stereocenters. The summed E-state index contributed by atoms with van der Waals surface area (Å²) < 4.78 is 5.27. The lowest BCUT2D eigenvalue weighted by Gasteiger charge is -2.28. The summed E-state index contributed by atoms with van der Waals surface area (Å²) in [5.74, 6) is -0.929. The maximum absolute atomic E-state index is 10.6. The van der Waals surface area contributed by atoms with Crippen molar-refractivity contribution in [1.29, 1.82) is 0 Å². The number of carbonyl (C=O) groups is 1. The van der Waals surface area contributed by atoms with Crippen LogP contribution in [0.15, 0.2) is 35.3 Å². The molecule has 0 saturated carbocycles. The molecule has 1 saturated heterocycles. The molecule has 7 heteroatoms. The molecule has 0 bridgehead atoms. The lowest BCUT2D eigenvalue weighted by molar-refractivity contribution is -0.139. The van der Waals surface area contributed by atoms with Crippen molar-refractivity contribution in [3.8, 4) is 0 Å². The second-order valence-electron chi connectivity index (χ2n) is 5.17. The second kappa shape index (κ2) is 7.24. The van der Waals surface area contributed by atoms with Crippen molar-refractivity contribution in [3.63, 3.8) is 0 Å². The minimum absolute atomic E-state index is 0.104. The quantitative estimate of drug-likeness (QED) is 0.419. The average molecular weight is 290 g/mol. The SMILES string of the molecule is NC(Cc1ccccc1)=NC1CCC(CC(=O)O)OB1O. The molecule has 0 aliphatic carbocycles. The van der Waals surface area contributed by atoms with E-state index >= 15 is 0 Å². The first kappa shape index (κ1) is 15.5. The van der Waals surface area contributed by atoms with Crippen LogP contribution in [0.2, 0.25) is 0 Å². The molecule has 0 spiro atoms. The van der Waals surface area contributed by atoms with Crippen molar-refractivity contribution < 1.29 is 19.6 Å². The van der Waals surface area contributed by atoms with Crippen molar-refractivity contribution in [2.75, 3.05) is 0 Å². The van der Waals surface area contributed by atoms with Crippen molar-refractivity contribution in [2.24, 2.45) is 10.7 Å². The summed E-state index contributed by atoms with van der Waals surface area (Å²) in [4.78, 5) is 14.9. The van der Waals surface area contributed by atoms with E-state index in [1.807, 2.05) is 30.3 Å². The number of nitrogens with two attached hydrogens (primary N) is 1. The summed E-state index contributed by atoms with van der Waals surface area (Å²) in [5, 5.41) is 18.6. The summed E-state index contributed by atoms with van der Waals surface area (Å²) in [7, 11) is -1.10. The van der Waals surface area contributed by atoms with Gasteiger partial charge in [0, 0.05) is 6.42 Å². The predicted molar refractivity (Wildman–Crippen MR) is 79.9 cm³/mol. The third-order valence-corrected chi connectivity index (χ3v) is 3.41. The van der Waals surface area contributed by atoms with Crippen molar-refractivity contribution >= 4 is 18.9 Å². The van der Waals surface area contributed by atoms with E-state index in [9.17, 15) is 9.82 Å². The topological polar surface area (TPSA) is 105 Å². The Morgan fingerprint density at radius 1 is 1.38 bits per heavy atom. The zero-order valence-corrected chi connectivity index (χ0v) is 11.7. The van der Waals surface area contributed by atoms with Crippen molar-refractivity contribution in [3.05, 3.63) is 35.9 Å². The van der Waals surface area contributed by atoms with Gasteiger partial charge in [-0.3, -0.25) is 9.79 Å². The maximum atomic E-state index is 10.6. The molecule has 6 nitrogen and oxygen atoms in total. The van der Waals surface area contributed by atoms with E-state index in [1.165, 1.54) is 0 Å². The van der Waals surface area contributed by atoms with E-state index in [4.69, 9.17) is 15.5 Å². The number of aliphatic carboxylic acids is 1. The Morgan fingerprint density at radius 2 is 2.10 bits per heavy atom. The van der Waals surface area contributed by atoms with E-state index in [1.54, 1.807) is 0 Å². The fourth-order valence-corrected chi connectivity index (χ4v) is 2.39. The highest BCUT2D eigenvalue weighted by Gasteiger charge is 2.35. The van der Waals surface area contributed by atoms with Crippen LogP contribution < -0.4 is 5.73 Å². The summed E-state index contributed by atoms with van der Waals surface area (Å²) in [6, 6.07) is 9.70. The minimum atomic E-state index is -1.10. The van der Waals surface area contributed by atoms with Crippen molar-refractivity contribution in [1.82, 2.24) is 0 Å². The Kier molecular flexibility index (Phi) is 5.35. The molecular formula is C14H19BN2O4. The lowest BCUT2D eigenvalue weighted by Crippen LogP contribution is -2.43. The largest absolute Gasteiger partial charge is 0.481 e. The van der Waals surface area contributed by atoms with Crippen LogP contribution >= 0.6 is 0 Å². The van der Waals surface area contributed by atoms with Gasteiger partial charge < -0.3 is 20.5 Å². The number of carboxylic acids is 1. The van der Waals surface area contributed by atoms with Crippen LogP contribution in [-0.4, -0.2) is 41.1 Å². The number of nitrogens with zero attached hydrogens (tertiary/aromatic N) is 1. The zero-order valence-electron chi connectivity index (χ0n) is 11.7. The first-order chi connectivity index (χ1) is 10.0. The monoisotopic (exact) mass is 290 g/mol. The van der Waals surface area contributed by atoms with Crippen molar-refractivity contribution in [2.45, 2.75) is 37.7 Å². The fraction of sp³-hybridized carbons (Fsp3) is 0.429. The van der Waals surface area contributed by atoms with Crippen LogP contribution in [-0.2, 0) is 15.9 Å². The molecule has 0 amide bonds. The highest BCUT2D eigenvalue weighted by Crippen LogP contribution is 2.21. The van der Waals surface area contributed by atoms with Gasteiger partial charge in [0.1, 0.15) is 0 Å². The number of amidine groups is 1.